The van der Waals surface area contributed by atoms with Crippen molar-refractivity contribution in [2.45, 2.75) is 19.1 Å². The normalized spacial score (nSPS) is 23.4. The third-order valence-corrected chi connectivity index (χ3v) is 3.60. The van der Waals surface area contributed by atoms with Crippen molar-refractivity contribution in [3.8, 4) is 0 Å². The number of carbonyl (C=O) groups is 1. The Kier molecular flexibility index (Phi) is 4.45. The Balaban J connectivity index is 2.17. The van der Waals surface area contributed by atoms with Gasteiger partial charge in [0.15, 0.2) is 0 Å². The first kappa shape index (κ1) is 14.3. The lowest BCUT2D eigenvalue weighted by Gasteiger charge is -2.26. The van der Waals surface area contributed by atoms with Crippen LogP contribution in [0.1, 0.15) is 18.7 Å². The predicted molar refractivity (Wildman–Crippen MR) is 77.1 cm³/mol. The SMILES string of the molecule is CC1NC(c2ccc(Cl)cc2)N(CCN(C)C)C1=O. The van der Waals surface area contributed by atoms with Gasteiger partial charge in [-0.05, 0) is 38.7 Å². The molecule has 1 aliphatic heterocycles. The lowest BCUT2D eigenvalue weighted by atomic mass is 10.1. The van der Waals surface area contributed by atoms with Crippen LogP contribution in [-0.4, -0.2) is 48.9 Å². The van der Waals surface area contributed by atoms with Crippen molar-refractivity contribution in [1.29, 1.82) is 0 Å². The molecule has 1 saturated heterocycles. The van der Waals surface area contributed by atoms with E-state index in [-0.39, 0.29) is 18.1 Å². The van der Waals surface area contributed by atoms with Gasteiger partial charge in [0.05, 0.1) is 6.04 Å². The van der Waals surface area contributed by atoms with E-state index in [2.05, 4.69) is 10.2 Å². The summed E-state index contributed by atoms with van der Waals surface area (Å²) in [5, 5.41) is 4.04. The van der Waals surface area contributed by atoms with Crippen molar-refractivity contribution >= 4 is 17.5 Å². The molecule has 1 fully saturated rings. The van der Waals surface area contributed by atoms with Gasteiger partial charge in [-0.15, -0.1) is 0 Å². The third kappa shape index (κ3) is 3.26. The van der Waals surface area contributed by atoms with Crippen LogP contribution in [0.5, 0.6) is 0 Å². The smallest absolute Gasteiger partial charge is 0.241 e. The molecule has 1 aliphatic rings. The van der Waals surface area contributed by atoms with E-state index in [1.165, 1.54) is 0 Å². The molecule has 2 unspecified atom stereocenters. The van der Waals surface area contributed by atoms with Crippen LogP contribution in [0.3, 0.4) is 0 Å². The lowest BCUT2D eigenvalue weighted by molar-refractivity contribution is -0.130. The molecule has 4 nitrogen and oxygen atoms in total. The zero-order valence-electron chi connectivity index (χ0n) is 11.6. The van der Waals surface area contributed by atoms with Gasteiger partial charge in [-0.3, -0.25) is 10.1 Å². The third-order valence-electron chi connectivity index (χ3n) is 3.35. The molecule has 19 heavy (non-hydrogen) atoms. The van der Waals surface area contributed by atoms with Crippen molar-refractivity contribution in [2.24, 2.45) is 0 Å². The van der Waals surface area contributed by atoms with Crippen LogP contribution in [0, 0.1) is 0 Å². The largest absolute Gasteiger partial charge is 0.320 e. The maximum absolute atomic E-state index is 12.2. The predicted octanol–water partition coefficient (Wildman–Crippen LogP) is 1.72. The Morgan fingerprint density at radius 1 is 1.32 bits per heavy atom. The minimum absolute atomic E-state index is 0.0558. The van der Waals surface area contributed by atoms with Crippen molar-refractivity contribution < 1.29 is 4.79 Å². The summed E-state index contributed by atoms with van der Waals surface area (Å²) in [5.41, 5.74) is 1.07. The average molecular weight is 282 g/mol. The number of hydrogen-bond donors (Lipinski definition) is 1. The highest BCUT2D eigenvalue weighted by molar-refractivity contribution is 6.30. The Labute approximate surface area is 119 Å². The molecule has 0 spiro atoms. The molecular weight excluding hydrogens is 262 g/mol. The summed E-state index contributed by atoms with van der Waals surface area (Å²) in [6.07, 6.45) is -0.0558. The molecule has 2 atom stereocenters. The highest BCUT2D eigenvalue weighted by atomic mass is 35.5. The summed E-state index contributed by atoms with van der Waals surface area (Å²) in [6.45, 7) is 3.47. The van der Waals surface area contributed by atoms with E-state index in [1.807, 2.05) is 50.2 Å². The van der Waals surface area contributed by atoms with Gasteiger partial charge in [0.1, 0.15) is 6.17 Å². The van der Waals surface area contributed by atoms with E-state index < -0.39 is 0 Å². The van der Waals surface area contributed by atoms with Gasteiger partial charge in [-0.1, -0.05) is 23.7 Å². The van der Waals surface area contributed by atoms with Gasteiger partial charge >= 0.3 is 0 Å². The Hall–Kier alpha value is -1.10. The molecule has 2 rings (SSSR count). The van der Waals surface area contributed by atoms with Crippen molar-refractivity contribution in [1.82, 2.24) is 15.1 Å². The van der Waals surface area contributed by atoms with E-state index in [1.54, 1.807) is 0 Å². The molecule has 0 aromatic heterocycles. The standard InChI is InChI=1S/C14H20ClN3O/c1-10-14(19)18(9-8-17(2)3)13(16-10)11-4-6-12(15)7-5-11/h4-7,10,13,16H,8-9H2,1-3H3. The van der Waals surface area contributed by atoms with Gasteiger partial charge in [-0.2, -0.15) is 0 Å². The second-order valence-corrected chi connectivity index (χ2v) is 5.61. The summed E-state index contributed by atoms with van der Waals surface area (Å²) in [7, 11) is 4.02. The number of hydrogen-bond acceptors (Lipinski definition) is 3. The second kappa shape index (κ2) is 5.90. The van der Waals surface area contributed by atoms with Crippen molar-refractivity contribution in [3.05, 3.63) is 34.9 Å². The minimum Gasteiger partial charge on any atom is -0.320 e. The first-order valence-corrected chi connectivity index (χ1v) is 6.83. The number of amides is 1. The van der Waals surface area contributed by atoms with Gasteiger partial charge in [0.2, 0.25) is 5.91 Å². The van der Waals surface area contributed by atoms with E-state index in [4.69, 9.17) is 11.6 Å². The zero-order chi connectivity index (χ0) is 14.0. The molecule has 5 heteroatoms. The lowest BCUT2D eigenvalue weighted by Crippen LogP contribution is -2.36. The molecular formula is C14H20ClN3O. The maximum atomic E-state index is 12.2. The fourth-order valence-corrected chi connectivity index (χ4v) is 2.37. The molecule has 1 N–H and O–H groups in total. The summed E-state index contributed by atoms with van der Waals surface area (Å²) in [4.78, 5) is 16.2. The monoisotopic (exact) mass is 281 g/mol. The minimum atomic E-state index is -0.136. The Bertz CT molecular complexity index is 447. The van der Waals surface area contributed by atoms with Crippen molar-refractivity contribution in [2.75, 3.05) is 27.2 Å². The van der Waals surface area contributed by atoms with Crippen LogP contribution in [0.2, 0.25) is 5.02 Å². The number of rotatable bonds is 4. The fourth-order valence-electron chi connectivity index (χ4n) is 2.24. The van der Waals surface area contributed by atoms with Gasteiger partial charge in [0, 0.05) is 18.1 Å². The first-order valence-electron chi connectivity index (χ1n) is 6.46. The van der Waals surface area contributed by atoms with Gasteiger partial charge in [0.25, 0.3) is 0 Å². The molecule has 1 amide bonds. The molecule has 0 bridgehead atoms. The van der Waals surface area contributed by atoms with E-state index in [0.717, 1.165) is 18.7 Å². The van der Waals surface area contributed by atoms with Crippen LogP contribution in [0.15, 0.2) is 24.3 Å². The number of nitrogens with zero attached hydrogens (tertiary/aromatic N) is 2. The molecule has 1 aromatic carbocycles. The number of halogens is 1. The second-order valence-electron chi connectivity index (χ2n) is 5.18. The highest BCUT2D eigenvalue weighted by Gasteiger charge is 2.36. The quantitative estimate of drug-likeness (QED) is 0.913. The molecule has 1 aromatic rings. The number of benzene rings is 1. The summed E-state index contributed by atoms with van der Waals surface area (Å²) in [5.74, 6) is 0.154. The summed E-state index contributed by atoms with van der Waals surface area (Å²) < 4.78 is 0. The molecule has 0 radical (unpaired) electrons. The fraction of sp³-hybridized carbons (Fsp3) is 0.500. The number of carbonyl (C=O) groups excluding carboxylic acids is 1. The highest BCUT2D eigenvalue weighted by Crippen LogP contribution is 2.26. The van der Waals surface area contributed by atoms with Gasteiger partial charge < -0.3 is 9.80 Å². The average Bonchev–Trinajstić information content (AvgIpc) is 2.64. The Morgan fingerprint density at radius 3 is 2.53 bits per heavy atom. The summed E-state index contributed by atoms with van der Waals surface area (Å²) in [6, 6.07) is 7.51. The van der Waals surface area contributed by atoms with E-state index >= 15 is 0 Å². The number of likely N-dealkylation sites (N-methyl/N-ethyl adjacent to an activating group) is 1. The Morgan fingerprint density at radius 2 is 1.95 bits per heavy atom. The van der Waals surface area contributed by atoms with E-state index in [9.17, 15) is 4.79 Å². The van der Waals surface area contributed by atoms with Crippen LogP contribution in [0.4, 0.5) is 0 Å². The molecule has 0 saturated carbocycles. The van der Waals surface area contributed by atoms with Crippen LogP contribution < -0.4 is 5.32 Å². The zero-order valence-corrected chi connectivity index (χ0v) is 12.3. The first-order chi connectivity index (χ1) is 8.99. The summed E-state index contributed by atoms with van der Waals surface area (Å²) >= 11 is 5.91. The molecule has 0 aliphatic carbocycles. The van der Waals surface area contributed by atoms with Crippen LogP contribution >= 0.6 is 11.6 Å². The number of nitrogens with one attached hydrogen (secondary N) is 1. The van der Waals surface area contributed by atoms with Crippen molar-refractivity contribution in [3.63, 3.8) is 0 Å². The van der Waals surface area contributed by atoms with Crippen LogP contribution in [-0.2, 0) is 4.79 Å². The topological polar surface area (TPSA) is 35.6 Å². The van der Waals surface area contributed by atoms with Crippen LogP contribution in [0.25, 0.3) is 0 Å². The van der Waals surface area contributed by atoms with E-state index in [0.29, 0.717) is 5.02 Å². The molecule has 1 heterocycles. The molecule has 104 valence electrons. The maximum Gasteiger partial charge on any atom is 0.241 e. The van der Waals surface area contributed by atoms with Gasteiger partial charge in [-0.25, -0.2) is 0 Å².